The van der Waals surface area contributed by atoms with Crippen LogP contribution < -0.4 is 5.32 Å². The fourth-order valence-electron chi connectivity index (χ4n) is 2.63. The lowest BCUT2D eigenvalue weighted by Gasteiger charge is -2.07. The molecule has 0 fully saturated rings. The van der Waals surface area contributed by atoms with Crippen LogP contribution in [0.15, 0.2) is 5.16 Å². The average molecular weight is 387 g/mol. The molecule has 1 N–H and O–H groups in total. The first-order valence-electron chi connectivity index (χ1n) is 10.0. The maximum Gasteiger partial charge on any atom is 0.228 e. The summed E-state index contributed by atoms with van der Waals surface area (Å²) >= 11 is 7.71. The predicted molar refractivity (Wildman–Crippen MR) is 111 cm³/mol. The van der Waals surface area contributed by atoms with E-state index in [1.54, 1.807) is 11.8 Å². The Bertz CT molecular complexity index is 409. The SMILES string of the molecule is CCCCCCCCNc1nc(Cl)nc(SCCCCCCCC)n1. The van der Waals surface area contributed by atoms with Gasteiger partial charge in [-0.1, -0.05) is 89.8 Å². The molecule has 0 aliphatic rings. The standard InChI is InChI=1S/C19H35ClN4S/c1-3-5-7-9-11-13-15-21-18-22-17(20)23-19(24-18)25-16-14-12-10-8-6-4-2/h3-16H2,1-2H3,(H,21,22,23,24). The summed E-state index contributed by atoms with van der Waals surface area (Å²) in [6, 6.07) is 0. The Kier molecular flexibility index (Phi) is 14.1. The summed E-state index contributed by atoms with van der Waals surface area (Å²) < 4.78 is 0. The van der Waals surface area contributed by atoms with Gasteiger partial charge < -0.3 is 5.32 Å². The second-order valence-electron chi connectivity index (χ2n) is 6.52. The van der Waals surface area contributed by atoms with E-state index in [1.165, 1.54) is 70.6 Å². The van der Waals surface area contributed by atoms with Gasteiger partial charge in [0.1, 0.15) is 0 Å². The normalized spacial score (nSPS) is 11.0. The highest BCUT2D eigenvalue weighted by Gasteiger charge is 2.05. The van der Waals surface area contributed by atoms with Crippen molar-refractivity contribution in [3.8, 4) is 0 Å². The molecule has 4 nitrogen and oxygen atoms in total. The van der Waals surface area contributed by atoms with Crippen molar-refractivity contribution in [3.63, 3.8) is 0 Å². The summed E-state index contributed by atoms with van der Waals surface area (Å²) in [5.74, 6) is 1.66. The number of anilines is 1. The van der Waals surface area contributed by atoms with E-state index in [0.717, 1.165) is 23.9 Å². The van der Waals surface area contributed by atoms with Gasteiger partial charge in [-0.2, -0.15) is 15.0 Å². The Morgan fingerprint density at radius 1 is 0.760 bits per heavy atom. The van der Waals surface area contributed by atoms with Gasteiger partial charge in [0.25, 0.3) is 0 Å². The number of rotatable bonds is 16. The van der Waals surface area contributed by atoms with Gasteiger partial charge in [0, 0.05) is 12.3 Å². The summed E-state index contributed by atoms with van der Waals surface area (Å²) in [6.07, 6.45) is 15.5. The molecule has 0 saturated carbocycles. The smallest absolute Gasteiger partial charge is 0.228 e. The van der Waals surface area contributed by atoms with Crippen molar-refractivity contribution in [1.82, 2.24) is 15.0 Å². The maximum absolute atomic E-state index is 6.03. The number of nitrogens with one attached hydrogen (secondary N) is 1. The summed E-state index contributed by atoms with van der Waals surface area (Å²) in [5, 5.41) is 4.30. The Morgan fingerprint density at radius 2 is 1.36 bits per heavy atom. The van der Waals surface area contributed by atoms with Crippen molar-refractivity contribution in [2.45, 2.75) is 96.1 Å². The molecule has 0 radical (unpaired) electrons. The molecule has 25 heavy (non-hydrogen) atoms. The van der Waals surface area contributed by atoms with Crippen LogP contribution in [0.25, 0.3) is 0 Å². The number of hydrogen-bond donors (Lipinski definition) is 1. The zero-order valence-corrected chi connectivity index (χ0v) is 17.6. The first kappa shape index (κ1) is 22.5. The lowest BCUT2D eigenvalue weighted by molar-refractivity contribution is 0.616. The van der Waals surface area contributed by atoms with Gasteiger partial charge in [-0.05, 0) is 24.4 Å². The highest BCUT2D eigenvalue weighted by molar-refractivity contribution is 7.99. The van der Waals surface area contributed by atoms with E-state index in [4.69, 9.17) is 11.6 Å². The van der Waals surface area contributed by atoms with Gasteiger partial charge in [0.2, 0.25) is 11.2 Å². The first-order valence-corrected chi connectivity index (χ1v) is 11.4. The molecule has 0 unspecified atom stereocenters. The molecule has 6 heteroatoms. The summed E-state index contributed by atoms with van der Waals surface area (Å²) in [5.41, 5.74) is 0. The molecule has 1 rings (SSSR count). The van der Waals surface area contributed by atoms with Crippen molar-refractivity contribution >= 4 is 29.3 Å². The van der Waals surface area contributed by atoms with Crippen LogP contribution in [0.5, 0.6) is 0 Å². The molecule has 0 amide bonds. The highest BCUT2D eigenvalue weighted by Crippen LogP contribution is 2.19. The molecular formula is C19H35ClN4S. The Balaban J connectivity index is 2.19. The number of aromatic nitrogens is 3. The molecular weight excluding hydrogens is 352 g/mol. The van der Waals surface area contributed by atoms with Gasteiger partial charge in [-0.3, -0.25) is 0 Å². The van der Waals surface area contributed by atoms with E-state index in [-0.39, 0.29) is 5.28 Å². The van der Waals surface area contributed by atoms with Gasteiger partial charge in [-0.15, -0.1) is 0 Å². The molecule has 0 aliphatic carbocycles. The second-order valence-corrected chi connectivity index (χ2v) is 7.92. The fraction of sp³-hybridized carbons (Fsp3) is 0.842. The topological polar surface area (TPSA) is 50.7 Å². The minimum absolute atomic E-state index is 0.283. The first-order chi connectivity index (χ1) is 12.3. The Morgan fingerprint density at radius 3 is 2.04 bits per heavy atom. The molecule has 0 spiro atoms. The molecule has 1 aromatic heterocycles. The molecule has 0 bridgehead atoms. The quantitative estimate of drug-likeness (QED) is 0.251. The lowest BCUT2D eigenvalue weighted by Crippen LogP contribution is -2.07. The van der Waals surface area contributed by atoms with Crippen LogP contribution in [0.4, 0.5) is 5.95 Å². The van der Waals surface area contributed by atoms with Gasteiger partial charge in [-0.25, -0.2) is 0 Å². The Labute approximate surface area is 163 Å². The zero-order valence-electron chi connectivity index (χ0n) is 16.0. The average Bonchev–Trinajstić information content (AvgIpc) is 2.60. The summed E-state index contributed by atoms with van der Waals surface area (Å²) in [6.45, 7) is 5.39. The monoisotopic (exact) mass is 386 g/mol. The predicted octanol–water partition coefficient (Wildman–Crippen LogP) is 6.75. The number of thioether (sulfide) groups is 1. The van der Waals surface area contributed by atoms with Gasteiger partial charge in [0.15, 0.2) is 5.16 Å². The lowest BCUT2D eigenvalue weighted by atomic mass is 10.1. The molecule has 1 heterocycles. The minimum atomic E-state index is 0.283. The van der Waals surface area contributed by atoms with Crippen LogP contribution >= 0.6 is 23.4 Å². The number of hydrogen-bond acceptors (Lipinski definition) is 5. The van der Waals surface area contributed by atoms with Crippen LogP contribution in [-0.4, -0.2) is 27.2 Å². The van der Waals surface area contributed by atoms with E-state index in [9.17, 15) is 0 Å². The van der Waals surface area contributed by atoms with E-state index < -0.39 is 0 Å². The second kappa shape index (κ2) is 15.7. The molecule has 144 valence electrons. The molecule has 1 aromatic rings. The van der Waals surface area contributed by atoms with Crippen LogP contribution in [0.3, 0.4) is 0 Å². The van der Waals surface area contributed by atoms with Crippen molar-refractivity contribution in [3.05, 3.63) is 5.28 Å². The van der Waals surface area contributed by atoms with Crippen LogP contribution in [0.1, 0.15) is 90.9 Å². The minimum Gasteiger partial charge on any atom is -0.354 e. The maximum atomic E-state index is 6.03. The van der Waals surface area contributed by atoms with E-state index in [2.05, 4.69) is 34.1 Å². The van der Waals surface area contributed by atoms with Crippen LogP contribution in [0, 0.1) is 0 Å². The zero-order chi connectivity index (χ0) is 18.2. The van der Waals surface area contributed by atoms with Crippen LogP contribution in [0.2, 0.25) is 5.28 Å². The van der Waals surface area contributed by atoms with E-state index >= 15 is 0 Å². The molecule has 0 aromatic carbocycles. The van der Waals surface area contributed by atoms with Crippen molar-refractivity contribution in [2.24, 2.45) is 0 Å². The highest BCUT2D eigenvalue weighted by atomic mass is 35.5. The molecule has 0 aliphatic heterocycles. The van der Waals surface area contributed by atoms with E-state index in [0.29, 0.717) is 5.95 Å². The molecule has 0 atom stereocenters. The summed E-state index contributed by atoms with van der Waals surface area (Å²) in [4.78, 5) is 12.9. The largest absolute Gasteiger partial charge is 0.354 e. The summed E-state index contributed by atoms with van der Waals surface area (Å²) in [7, 11) is 0. The fourth-order valence-corrected chi connectivity index (χ4v) is 3.67. The van der Waals surface area contributed by atoms with Gasteiger partial charge >= 0.3 is 0 Å². The third-order valence-electron chi connectivity index (χ3n) is 4.13. The van der Waals surface area contributed by atoms with E-state index in [1.807, 2.05) is 0 Å². The van der Waals surface area contributed by atoms with Crippen molar-refractivity contribution < 1.29 is 0 Å². The molecule has 0 saturated heterocycles. The number of halogens is 1. The Hall–Kier alpha value is -0.550. The third kappa shape index (κ3) is 12.4. The third-order valence-corrected chi connectivity index (χ3v) is 5.23. The number of nitrogens with zero attached hydrogens (tertiary/aromatic N) is 3. The van der Waals surface area contributed by atoms with Crippen molar-refractivity contribution in [2.75, 3.05) is 17.6 Å². The van der Waals surface area contributed by atoms with Crippen molar-refractivity contribution in [1.29, 1.82) is 0 Å². The van der Waals surface area contributed by atoms with Crippen LogP contribution in [-0.2, 0) is 0 Å². The van der Waals surface area contributed by atoms with Gasteiger partial charge in [0.05, 0.1) is 0 Å². The number of unbranched alkanes of at least 4 members (excludes halogenated alkanes) is 10.